The summed E-state index contributed by atoms with van der Waals surface area (Å²) in [7, 11) is 1.26. The van der Waals surface area contributed by atoms with Crippen LogP contribution in [-0.4, -0.2) is 62.4 Å². The number of thiophene rings is 1. The van der Waals surface area contributed by atoms with Crippen LogP contribution in [0.1, 0.15) is 46.5 Å². The van der Waals surface area contributed by atoms with Gasteiger partial charge in [0.1, 0.15) is 11.6 Å². The average Bonchev–Trinajstić information content (AvgIpc) is 3.75. The van der Waals surface area contributed by atoms with E-state index in [1.807, 2.05) is 6.07 Å². The molecular weight excluding hydrogens is 594 g/mol. The van der Waals surface area contributed by atoms with Gasteiger partial charge in [0.15, 0.2) is 0 Å². The van der Waals surface area contributed by atoms with Crippen molar-refractivity contribution in [2.24, 2.45) is 0 Å². The molecule has 5 rings (SSSR count). The normalized spacial score (nSPS) is 16.2. The number of hydrogen-bond donors (Lipinski definition) is 3. The predicted octanol–water partition coefficient (Wildman–Crippen LogP) is 6.61. The summed E-state index contributed by atoms with van der Waals surface area (Å²) in [5, 5.41) is 8.88. The zero-order valence-electron chi connectivity index (χ0n) is 23.2. The molecule has 2 fully saturated rings. The molecule has 13 heteroatoms. The van der Waals surface area contributed by atoms with E-state index in [1.165, 1.54) is 19.9 Å². The third kappa shape index (κ3) is 7.67. The van der Waals surface area contributed by atoms with E-state index >= 15 is 0 Å². The molecule has 43 heavy (non-hydrogen) atoms. The molecule has 230 valence electrons. The Bertz CT molecular complexity index is 1540. The minimum atomic E-state index is -4.46. The van der Waals surface area contributed by atoms with Crippen molar-refractivity contribution in [1.29, 1.82) is 0 Å². The van der Waals surface area contributed by atoms with Gasteiger partial charge < -0.3 is 25.6 Å². The van der Waals surface area contributed by atoms with Crippen LogP contribution < -0.4 is 20.7 Å². The Hall–Kier alpha value is -3.63. The van der Waals surface area contributed by atoms with Crippen molar-refractivity contribution in [3.63, 3.8) is 0 Å². The van der Waals surface area contributed by atoms with Gasteiger partial charge in [-0.1, -0.05) is 24.0 Å². The maximum Gasteiger partial charge on any atom is 0.393 e. The molecule has 0 spiro atoms. The molecule has 2 aromatic carbocycles. The fraction of sp³-hybridized carbons (Fsp3) is 0.433. The maximum atomic E-state index is 14.5. The summed E-state index contributed by atoms with van der Waals surface area (Å²) in [6.07, 6.45) is -1.22. The summed E-state index contributed by atoms with van der Waals surface area (Å²) in [5.41, 5.74) is 0.151. The van der Waals surface area contributed by atoms with Crippen LogP contribution in [-0.2, 0) is 6.42 Å². The van der Waals surface area contributed by atoms with E-state index < -0.39 is 42.2 Å². The number of ether oxygens (including phenoxy) is 1. The van der Waals surface area contributed by atoms with Gasteiger partial charge in [-0.25, -0.2) is 4.39 Å². The summed E-state index contributed by atoms with van der Waals surface area (Å²) in [6, 6.07) is 7.83. The standard InChI is InChI=1S/C30H30F6N4O2S/c1-37-28(41)20-14-25(42-29(32)33)24(15-22(20)31)38-11-3-6-26-21(16-30(34,35)36)19-4-2-5-23(27(19)43-26)39-17-9-12-40(13-10-17)18-7-8-18/h2,4-5,14-15,17-18,29,38-39H,7-13,16H2,1H3,(H,37,41). The largest absolute Gasteiger partial charge is 0.433 e. The van der Waals surface area contributed by atoms with Crippen molar-refractivity contribution in [2.45, 2.75) is 57.0 Å². The number of fused-ring (bicyclic) bond motifs is 1. The second-order valence-corrected chi connectivity index (χ2v) is 11.5. The number of amides is 1. The minimum absolute atomic E-state index is 0.0647. The van der Waals surface area contributed by atoms with E-state index in [2.05, 4.69) is 37.4 Å². The highest BCUT2D eigenvalue weighted by atomic mass is 32.1. The van der Waals surface area contributed by atoms with Crippen LogP contribution in [0.5, 0.6) is 5.75 Å². The molecule has 3 aromatic rings. The molecule has 0 radical (unpaired) electrons. The number of nitrogens with one attached hydrogen (secondary N) is 3. The average molecular weight is 625 g/mol. The summed E-state index contributed by atoms with van der Waals surface area (Å²) in [6.45, 7) is -1.47. The molecule has 0 atom stereocenters. The zero-order chi connectivity index (χ0) is 30.7. The molecule has 2 heterocycles. The lowest BCUT2D eigenvalue weighted by molar-refractivity contribution is -0.127. The molecular formula is C30H30F6N4O2S. The molecule has 0 unspecified atom stereocenters. The number of nitrogens with zero attached hydrogens (tertiary/aromatic N) is 1. The van der Waals surface area contributed by atoms with Crippen LogP contribution in [0.25, 0.3) is 10.1 Å². The lowest BCUT2D eigenvalue weighted by Gasteiger charge is -2.33. The summed E-state index contributed by atoms with van der Waals surface area (Å²) in [5.74, 6) is 3.22. The SMILES string of the molecule is CNC(=O)c1cc(OC(F)F)c(NCC#Cc2sc3c(NC4CCN(C5CC5)CC4)cccc3c2CC(F)(F)F)cc1F. The Labute approximate surface area is 248 Å². The molecule has 2 aliphatic rings. The van der Waals surface area contributed by atoms with Gasteiger partial charge in [-0.2, -0.15) is 22.0 Å². The number of likely N-dealkylation sites (tertiary alicyclic amines) is 1. The van der Waals surface area contributed by atoms with E-state index in [-0.39, 0.29) is 28.7 Å². The zero-order valence-corrected chi connectivity index (χ0v) is 24.0. The lowest BCUT2D eigenvalue weighted by atomic mass is 10.0. The molecule has 1 aromatic heterocycles. The first-order valence-corrected chi connectivity index (χ1v) is 14.7. The molecule has 3 N–H and O–H groups in total. The minimum Gasteiger partial charge on any atom is -0.433 e. The molecule has 1 aliphatic heterocycles. The molecule has 1 aliphatic carbocycles. The van der Waals surface area contributed by atoms with Crippen molar-refractivity contribution in [2.75, 3.05) is 37.3 Å². The van der Waals surface area contributed by atoms with Crippen molar-refractivity contribution < 1.29 is 35.9 Å². The van der Waals surface area contributed by atoms with E-state index in [1.54, 1.807) is 12.1 Å². The van der Waals surface area contributed by atoms with Gasteiger partial charge in [-0.15, -0.1) is 11.3 Å². The third-order valence-corrected chi connectivity index (χ3v) is 8.67. The first kappa shape index (κ1) is 30.8. The van der Waals surface area contributed by atoms with Crippen molar-refractivity contribution >= 4 is 38.7 Å². The fourth-order valence-corrected chi connectivity index (χ4v) is 6.46. The maximum absolute atomic E-state index is 14.5. The quantitative estimate of drug-likeness (QED) is 0.185. The van der Waals surface area contributed by atoms with Crippen molar-refractivity contribution in [3.8, 4) is 17.6 Å². The Morgan fingerprint density at radius 2 is 1.88 bits per heavy atom. The summed E-state index contributed by atoms with van der Waals surface area (Å²) in [4.78, 5) is 14.6. The van der Waals surface area contributed by atoms with Gasteiger partial charge in [0.25, 0.3) is 5.91 Å². The van der Waals surface area contributed by atoms with Gasteiger partial charge in [0.2, 0.25) is 0 Å². The number of piperidine rings is 1. The van der Waals surface area contributed by atoms with Gasteiger partial charge in [-0.05, 0) is 48.8 Å². The van der Waals surface area contributed by atoms with Gasteiger partial charge >= 0.3 is 12.8 Å². The smallest absolute Gasteiger partial charge is 0.393 e. The second-order valence-electron chi connectivity index (χ2n) is 10.5. The Morgan fingerprint density at radius 1 is 1.14 bits per heavy atom. The van der Waals surface area contributed by atoms with Gasteiger partial charge in [0, 0.05) is 38.3 Å². The Morgan fingerprint density at radius 3 is 2.53 bits per heavy atom. The van der Waals surface area contributed by atoms with Crippen LogP contribution in [0.3, 0.4) is 0 Å². The Balaban J connectivity index is 1.37. The fourth-order valence-electron chi connectivity index (χ4n) is 5.29. The van der Waals surface area contributed by atoms with Crippen LogP contribution in [0.4, 0.5) is 37.7 Å². The number of carbonyl (C=O) groups excluding carboxylic acids is 1. The van der Waals surface area contributed by atoms with Crippen LogP contribution in [0.15, 0.2) is 30.3 Å². The van der Waals surface area contributed by atoms with E-state index in [9.17, 15) is 31.1 Å². The Kier molecular flexibility index (Phi) is 9.27. The second kappa shape index (κ2) is 12.9. The topological polar surface area (TPSA) is 65.6 Å². The van der Waals surface area contributed by atoms with E-state index in [0.717, 1.165) is 55.1 Å². The van der Waals surface area contributed by atoms with Crippen molar-refractivity contribution in [3.05, 3.63) is 52.2 Å². The van der Waals surface area contributed by atoms with E-state index in [0.29, 0.717) is 16.1 Å². The van der Waals surface area contributed by atoms with Crippen LogP contribution >= 0.6 is 11.3 Å². The molecule has 0 bridgehead atoms. The summed E-state index contributed by atoms with van der Waals surface area (Å²) >= 11 is 1.16. The van der Waals surface area contributed by atoms with E-state index in [4.69, 9.17) is 0 Å². The number of benzene rings is 2. The highest BCUT2D eigenvalue weighted by Gasteiger charge is 2.33. The lowest BCUT2D eigenvalue weighted by Crippen LogP contribution is -2.40. The van der Waals surface area contributed by atoms with Gasteiger partial charge in [0.05, 0.1) is 39.5 Å². The molecule has 1 saturated heterocycles. The number of alkyl halides is 5. The molecule has 1 saturated carbocycles. The number of halogens is 6. The highest BCUT2D eigenvalue weighted by molar-refractivity contribution is 7.20. The number of carbonyl (C=O) groups is 1. The molecule has 6 nitrogen and oxygen atoms in total. The summed E-state index contributed by atoms with van der Waals surface area (Å²) < 4.78 is 86.3. The van der Waals surface area contributed by atoms with Gasteiger partial charge in [-0.3, -0.25) is 4.79 Å². The van der Waals surface area contributed by atoms with Crippen LogP contribution in [0.2, 0.25) is 0 Å². The number of hydrogen-bond acceptors (Lipinski definition) is 6. The number of anilines is 2. The monoisotopic (exact) mass is 624 g/mol. The first-order valence-electron chi connectivity index (χ1n) is 13.9. The molecule has 1 amide bonds. The highest BCUT2D eigenvalue weighted by Crippen LogP contribution is 2.40. The first-order chi connectivity index (χ1) is 20.5. The van der Waals surface area contributed by atoms with Crippen molar-refractivity contribution in [1.82, 2.24) is 10.2 Å². The number of rotatable bonds is 9. The predicted molar refractivity (Wildman–Crippen MR) is 155 cm³/mol. The van der Waals surface area contributed by atoms with Crippen LogP contribution in [0, 0.1) is 17.7 Å². The third-order valence-electron chi connectivity index (χ3n) is 7.47.